The van der Waals surface area contributed by atoms with E-state index in [9.17, 15) is 9.59 Å². The minimum Gasteiger partial charge on any atom is -0.275 e. The van der Waals surface area contributed by atoms with Crippen molar-refractivity contribution in [1.29, 1.82) is 0 Å². The van der Waals surface area contributed by atoms with E-state index in [2.05, 4.69) is 37.0 Å². The first kappa shape index (κ1) is 18.2. The van der Waals surface area contributed by atoms with Crippen molar-refractivity contribution in [3.63, 3.8) is 0 Å². The van der Waals surface area contributed by atoms with Crippen LogP contribution in [-0.2, 0) is 18.4 Å². The quantitative estimate of drug-likeness (QED) is 0.763. The highest BCUT2D eigenvalue weighted by Crippen LogP contribution is 2.20. The summed E-state index contributed by atoms with van der Waals surface area (Å²) in [5.74, 6) is -1.03. The molecule has 2 rings (SSSR count). The lowest BCUT2D eigenvalue weighted by Crippen LogP contribution is -2.45. The molecule has 9 heteroatoms. The van der Waals surface area contributed by atoms with Crippen LogP contribution in [0, 0.1) is 26.7 Å². The molecule has 130 valence electrons. The van der Waals surface area contributed by atoms with E-state index >= 15 is 0 Å². The van der Waals surface area contributed by atoms with Crippen LogP contribution in [0.25, 0.3) is 0 Å². The molecule has 0 aromatic carbocycles. The maximum absolute atomic E-state index is 12.2. The number of hydrazine groups is 1. The van der Waals surface area contributed by atoms with Gasteiger partial charge in [-0.05, 0) is 36.7 Å². The van der Waals surface area contributed by atoms with E-state index in [0.717, 1.165) is 15.9 Å². The minimum atomic E-state index is -0.394. The van der Waals surface area contributed by atoms with Crippen LogP contribution in [0.4, 0.5) is 0 Å². The normalized spacial score (nSPS) is 12.1. The summed E-state index contributed by atoms with van der Waals surface area (Å²) >= 11 is 3.46. The van der Waals surface area contributed by atoms with Gasteiger partial charge in [-0.15, -0.1) is 0 Å². The molecule has 0 radical (unpaired) electrons. The summed E-state index contributed by atoms with van der Waals surface area (Å²) in [6.45, 7) is 7.77. The number of amides is 2. The Labute approximate surface area is 148 Å². The molecule has 0 fully saturated rings. The molecule has 8 nitrogen and oxygen atoms in total. The summed E-state index contributed by atoms with van der Waals surface area (Å²) in [5.41, 5.74) is 7.73. The van der Waals surface area contributed by atoms with Gasteiger partial charge in [0.1, 0.15) is 0 Å². The highest BCUT2D eigenvalue weighted by atomic mass is 79.9. The van der Waals surface area contributed by atoms with Gasteiger partial charge in [0.2, 0.25) is 5.91 Å². The van der Waals surface area contributed by atoms with E-state index in [4.69, 9.17) is 0 Å². The van der Waals surface area contributed by atoms with E-state index in [0.29, 0.717) is 17.8 Å². The Hall–Kier alpha value is -2.16. The van der Waals surface area contributed by atoms with E-state index < -0.39 is 5.91 Å². The third-order valence-electron chi connectivity index (χ3n) is 3.74. The summed E-state index contributed by atoms with van der Waals surface area (Å²) < 4.78 is 4.27. The van der Waals surface area contributed by atoms with Gasteiger partial charge in [-0.25, -0.2) is 0 Å². The molecule has 0 bridgehead atoms. The number of hydrogen-bond acceptors (Lipinski definition) is 4. The van der Waals surface area contributed by atoms with Crippen LogP contribution in [0.1, 0.15) is 34.4 Å². The number of halogens is 1. The zero-order valence-corrected chi connectivity index (χ0v) is 15.9. The zero-order chi connectivity index (χ0) is 18.0. The topological polar surface area (TPSA) is 93.8 Å². The van der Waals surface area contributed by atoms with Crippen molar-refractivity contribution in [1.82, 2.24) is 30.4 Å². The van der Waals surface area contributed by atoms with Crippen LogP contribution >= 0.6 is 15.9 Å². The number of nitrogens with zero attached hydrogens (tertiary/aromatic N) is 4. The first-order chi connectivity index (χ1) is 11.2. The number of nitrogens with one attached hydrogen (secondary N) is 2. The summed E-state index contributed by atoms with van der Waals surface area (Å²) in [4.78, 5) is 24.2. The smallest absolute Gasteiger partial charge is 0.273 e. The summed E-state index contributed by atoms with van der Waals surface area (Å²) in [7, 11) is 1.73. The lowest BCUT2D eigenvalue weighted by Gasteiger charge is -2.14. The molecule has 1 atom stereocenters. The van der Waals surface area contributed by atoms with Crippen LogP contribution in [0.5, 0.6) is 0 Å². The second-order valence-electron chi connectivity index (χ2n) is 5.81. The van der Waals surface area contributed by atoms with Crippen molar-refractivity contribution >= 4 is 27.7 Å². The fourth-order valence-electron chi connectivity index (χ4n) is 2.33. The first-order valence-electron chi connectivity index (χ1n) is 7.50. The van der Waals surface area contributed by atoms with Crippen molar-refractivity contribution in [2.24, 2.45) is 13.0 Å². The summed E-state index contributed by atoms with van der Waals surface area (Å²) in [6, 6.07) is 0. The molecule has 24 heavy (non-hydrogen) atoms. The Kier molecular flexibility index (Phi) is 5.43. The van der Waals surface area contributed by atoms with Crippen LogP contribution < -0.4 is 10.9 Å². The molecule has 2 aromatic heterocycles. The van der Waals surface area contributed by atoms with Gasteiger partial charge >= 0.3 is 0 Å². The third-order valence-corrected chi connectivity index (χ3v) is 4.89. The van der Waals surface area contributed by atoms with E-state index in [1.54, 1.807) is 36.5 Å². The molecule has 0 aliphatic heterocycles. The summed E-state index contributed by atoms with van der Waals surface area (Å²) in [6.07, 6.45) is 1.60. The zero-order valence-electron chi connectivity index (χ0n) is 14.3. The highest BCUT2D eigenvalue weighted by molar-refractivity contribution is 9.10. The van der Waals surface area contributed by atoms with E-state index in [1.807, 2.05) is 13.8 Å². The van der Waals surface area contributed by atoms with Gasteiger partial charge in [0.25, 0.3) is 5.91 Å². The lowest BCUT2D eigenvalue weighted by atomic mass is 10.1. The Morgan fingerprint density at radius 2 is 1.88 bits per heavy atom. The fourth-order valence-corrected chi connectivity index (χ4v) is 2.61. The number of aromatic nitrogens is 4. The molecule has 0 saturated heterocycles. The monoisotopic (exact) mass is 396 g/mol. The number of carbonyl (C=O) groups excluding carboxylic acids is 2. The molecule has 0 aliphatic rings. The SMILES string of the molecule is Cc1nn(C)cc1C(=O)NNC(=O)[C@@H](C)Cn1nc(C)c(Br)c1C. The Balaban J connectivity index is 1.93. The van der Waals surface area contributed by atoms with Crippen molar-refractivity contribution in [3.8, 4) is 0 Å². The van der Waals surface area contributed by atoms with Gasteiger partial charge < -0.3 is 0 Å². The predicted molar refractivity (Wildman–Crippen MR) is 92.1 cm³/mol. The molecule has 0 unspecified atom stereocenters. The van der Waals surface area contributed by atoms with Crippen LogP contribution in [-0.4, -0.2) is 31.4 Å². The predicted octanol–water partition coefficient (Wildman–Crippen LogP) is 1.40. The van der Waals surface area contributed by atoms with E-state index in [-0.39, 0.29) is 11.8 Å². The number of aryl methyl sites for hydroxylation is 3. The van der Waals surface area contributed by atoms with Gasteiger partial charge in [-0.1, -0.05) is 6.92 Å². The van der Waals surface area contributed by atoms with Gasteiger partial charge in [0.15, 0.2) is 0 Å². The molecular weight excluding hydrogens is 376 g/mol. The molecule has 0 aliphatic carbocycles. The molecule has 2 heterocycles. The Morgan fingerprint density at radius 1 is 1.21 bits per heavy atom. The minimum absolute atomic E-state index is 0.284. The Morgan fingerprint density at radius 3 is 2.38 bits per heavy atom. The van der Waals surface area contributed by atoms with Crippen molar-refractivity contribution in [2.45, 2.75) is 34.2 Å². The second kappa shape index (κ2) is 7.16. The summed E-state index contributed by atoms with van der Waals surface area (Å²) in [5, 5.41) is 8.48. The molecule has 2 amide bonds. The van der Waals surface area contributed by atoms with Crippen LogP contribution in [0.15, 0.2) is 10.7 Å². The van der Waals surface area contributed by atoms with Crippen molar-refractivity contribution < 1.29 is 9.59 Å². The standard InChI is InChI=1S/C15H21BrN6O2/c1-8(6-22-11(4)13(16)10(3)20-22)14(23)17-18-15(24)12-7-21(5)19-9(12)2/h7-8H,6H2,1-5H3,(H,17,23)(H,18,24)/t8-/m0/s1. The van der Waals surface area contributed by atoms with Gasteiger partial charge in [-0.2, -0.15) is 10.2 Å². The maximum atomic E-state index is 12.2. The number of hydrogen-bond donors (Lipinski definition) is 2. The highest BCUT2D eigenvalue weighted by Gasteiger charge is 2.19. The average Bonchev–Trinajstić information content (AvgIpc) is 2.98. The van der Waals surface area contributed by atoms with Gasteiger partial charge in [-0.3, -0.25) is 29.8 Å². The average molecular weight is 397 g/mol. The number of carbonyl (C=O) groups is 2. The Bertz CT molecular complexity index is 779. The van der Waals surface area contributed by atoms with Gasteiger partial charge in [0.05, 0.1) is 33.9 Å². The molecular formula is C15H21BrN6O2. The van der Waals surface area contributed by atoms with Gasteiger partial charge in [0, 0.05) is 18.9 Å². The molecule has 0 saturated carbocycles. The maximum Gasteiger partial charge on any atom is 0.273 e. The van der Waals surface area contributed by atoms with Crippen molar-refractivity contribution in [2.75, 3.05) is 0 Å². The lowest BCUT2D eigenvalue weighted by molar-refractivity contribution is -0.125. The molecule has 0 spiro atoms. The molecule has 2 aromatic rings. The first-order valence-corrected chi connectivity index (χ1v) is 8.30. The fraction of sp³-hybridized carbons (Fsp3) is 0.467. The second-order valence-corrected chi connectivity index (χ2v) is 6.61. The van der Waals surface area contributed by atoms with Crippen LogP contribution in [0.2, 0.25) is 0 Å². The largest absolute Gasteiger partial charge is 0.275 e. The third kappa shape index (κ3) is 3.84. The van der Waals surface area contributed by atoms with E-state index in [1.165, 1.54) is 0 Å². The van der Waals surface area contributed by atoms with Crippen LogP contribution in [0.3, 0.4) is 0 Å². The number of rotatable bonds is 4. The van der Waals surface area contributed by atoms with Crippen molar-refractivity contribution in [3.05, 3.63) is 33.3 Å². The molecule has 2 N–H and O–H groups in total.